The fourth-order valence-corrected chi connectivity index (χ4v) is 2.47. The molecule has 0 fully saturated rings. The normalized spacial score (nSPS) is 17.4. The van der Waals surface area contributed by atoms with Gasteiger partial charge in [0, 0.05) is 24.6 Å². The van der Waals surface area contributed by atoms with Crippen molar-refractivity contribution in [1.82, 2.24) is 10.3 Å². The number of amides is 1. The van der Waals surface area contributed by atoms with Crippen molar-refractivity contribution in [2.75, 3.05) is 5.32 Å². The quantitative estimate of drug-likeness (QED) is 0.875. The molecule has 0 aliphatic carbocycles. The summed E-state index contributed by atoms with van der Waals surface area (Å²) in [6.45, 7) is 2.68. The van der Waals surface area contributed by atoms with Crippen LogP contribution < -0.4 is 10.6 Å². The second-order valence-electron chi connectivity index (χ2n) is 5.09. The zero-order chi connectivity index (χ0) is 13.9. The molecular weight excluding hydrogens is 250 g/mol. The van der Waals surface area contributed by atoms with Crippen LogP contribution in [0, 0.1) is 6.92 Å². The maximum Gasteiger partial charge on any atom is 0.241 e. The van der Waals surface area contributed by atoms with Crippen molar-refractivity contribution in [3.8, 4) is 0 Å². The number of anilines is 1. The van der Waals surface area contributed by atoms with Crippen LogP contribution >= 0.6 is 0 Å². The zero-order valence-electron chi connectivity index (χ0n) is 11.4. The minimum Gasteiger partial charge on any atom is -0.324 e. The maximum atomic E-state index is 12.3. The Morgan fingerprint density at radius 2 is 2.10 bits per heavy atom. The molecule has 2 aromatic rings. The van der Waals surface area contributed by atoms with Crippen LogP contribution in [0.5, 0.6) is 0 Å². The van der Waals surface area contributed by atoms with E-state index in [1.54, 1.807) is 12.4 Å². The highest BCUT2D eigenvalue weighted by Crippen LogP contribution is 2.18. The number of pyridine rings is 1. The number of hydrogen-bond acceptors (Lipinski definition) is 3. The zero-order valence-corrected chi connectivity index (χ0v) is 11.4. The van der Waals surface area contributed by atoms with Gasteiger partial charge in [-0.25, -0.2) is 0 Å². The molecule has 1 aromatic carbocycles. The third kappa shape index (κ3) is 2.56. The Morgan fingerprint density at radius 1 is 1.30 bits per heavy atom. The predicted molar refractivity (Wildman–Crippen MR) is 78.4 cm³/mol. The Kier molecular flexibility index (Phi) is 3.48. The molecular formula is C16H17N3O. The highest BCUT2D eigenvalue weighted by atomic mass is 16.2. The Bertz CT molecular complexity index is 639. The van der Waals surface area contributed by atoms with Gasteiger partial charge in [0.2, 0.25) is 5.91 Å². The molecule has 4 nitrogen and oxygen atoms in total. The second kappa shape index (κ2) is 5.43. The summed E-state index contributed by atoms with van der Waals surface area (Å²) in [4.78, 5) is 16.4. The fourth-order valence-electron chi connectivity index (χ4n) is 2.47. The third-order valence-electron chi connectivity index (χ3n) is 3.68. The topological polar surface area (TPSA) is 54.0 Å². The summed E-state index contributed by atoms with van der Waals surface area (Å²) in [5, 5.41) is 6.26. The van der Waals surface area contributed by atoms with Crippen LogP contribution in [0.2, 0.25) is 0 Å². The van der Waals surface area contributed by atoms with Gasteiger partial charge in [-0.05, 0) is 36.1 Å². The van der Waals surface area contributed by atoms with Crippen LogP contribution in [0.25, 0.3) is 0 Å². The van der Waals surface area contributed by atoms with E-state index in [0.29, 0.717) is 0 Å². The molecule has 20 heavy (non-hydrogen) atoms. The molecule has 102 valence electrons. The van der Waals surface area contributed by atoms with Gasteiger partial charge < -0.3 is 10.6 Å². The summed E-state index contributed by atoms with van der Waals surface area (Å²) >= 11 is 0. The first-order valence-electron chi connectivity index (χ1n) is 6.75. The van der Waals surface area contributed by atoms with Crippen molar-refractivity contribution in [2.45, 2.75) is 25.9 Å². The number of carbonyl (C=O) groups is 1. The summed E-state index contributed by atoms with van der Waals surface area (Å²) in [5.74, 6) is 0.00815. The number of benzene rings is 1. The number of fused-ring (bicyclic) bond motifs is 1. The molecule has 1 atom stereocenters. The summed E-state index contributed by atoms with van der Waals surface area (Å²) in [6, 6.07) is 9.88. The number of nitrogens with zero attached hydrogens (tertiary/aromatic N) is 1. The van der Waals surface area contributed by atoms with Crippen molar-refractivity contribution in [1.29, 1.82) is 0 Å². The molecule has 2 heterocycles. The summed E-state index contributed by atoms with van der Waals surface area (Å²) in [7, 11) is 0. The molecule has 0 spiro atoms. The van der Waals surface area contributed by atoms with Gasteiger partial charge in [-0.1, -0.05) is 24.3 Å². The highest BCUT2D eigenvalue weighted by Gasteiger charge is 2.24. The van der Waals surface area contributed by atoms with Crippen LogP contribution in [0.1, 0.15) is 16.7 Å². The van der Waals surface area contributed by atoms with Gasteiger partial charge in [0.15, 0.2) is 0 Å². The molecule has 0 bridgehead atoms. The van der Waals surface area contributed by atoms with Gasteiger partial charge in [0.05, 0.1) is 6.04 Å². The number of carbonyl (C=O) groups excluding carboxylic acids is 1. The maximum absolute atomic E-state index is 12.3. The van der Waals surface area contributed by atoms with Gasteiger partial charge in [0.25, 0.3) is 0 Å². The molecule has 1 unspecified atom stereocenters. The van der Waals surface area contributed by atoms with E-state index in [0.717, 1.165) is 24.2 Å². The molecule has 1 aliphatic heterocycles. The predicted octanol–water partition coefficient (Wildman–Crippen LogP) is 2.04. The van der Waals surface area contributed by atoms with E-state index in [2.05, 4.69) is 27.8 Å². The molecule has 1 aromatic heterocycles. The van der Waals surface area contributed by atoms with Crippen LogP contribution in [-0.2, 0) is 17.8 Å². The monoisotopic (exact) mass is 267 g/mol. The first-order chi connectivity index (χ1) is 9.74. The highest BCUT2D eigenvalue weighted by molar-refractivity contribution is 5.95. The molecule has 1 aliphatic rings. The lowest BCUT2D eigenvalue weighted by molar-refractivity contribution is -0.118. The van der Waals surface area contributed by atoms with E-state index < -0.39 is 0 Å². The molecule has 4 heteroatoms. The summed E-state index contributed by atoms with van der Waals surface area (Å²) in [5.41, 5.74) is 4.32. The standard InChI is InChI=1S/C16H17N3O/c1-11-9-17-7-6-14(11)19-16(20)15-8-12-4-2-3-5-13(12)10-18-15/h2-7,9,15,18H,8,10H2,1H3,(H,17,19,20). The van der Waals surface area contributed by atoms with Gasteiger partial charge in [0.1, 0.15) is 0 Å². The lowest BCUT2D eigenvalue weighted by atomic mass is 9.95. The molecule has 1 amide bonds. The molecule has 0 saturated carbocycles. The smallest absolute Gasteiger partial charge is 0.241 e. The average Bonchev–Trinajstić information content (AvgIpc) is 2.49. The number of rotatable bonds is 2. The average molecular weight is 267 g/mol. The minimum absolute atomic E-state index is 0.00815. The van der Waals surface area contributed by atoms with Crippen LogP contribution in [0.15, 0.2) is 42.7 Å². The number of nitrogens with one attached hydrogen (secondary N) is 2. The van der Waals surface area contributed by atoms with E-state index in [1.807, 2.05) is 25.1 Å². The van der Waals surface area contributed by atoms with E-state index >= 15 is 0 Å². The SMILES string of the molecule is Cc1cnccc1NC(=O)C1Cc2ccccc2CN1. The molecule has 2 N–H and O–H groups in total. The van der Waals surface area contributed by atoms with Gasteiger partial charge in [-0.3, -0.25) is 9.78 Å². The van der Waals surface area contributed by atoms with Gasteiger partial charge in [-0.15, -0.1) is 0 Å². The number of aryl methyl sites for hydroxylation is 1. The number of hydrogen-bond donors (Lipinski definition) is 2. The van der Waals surface area contributed by atoms with E-state index in [-0.39, 0.29) is 11.9 Å². The first-order valence-corrected chi connectivity index (χ1v) is 6.75. The van der Waals surface area contributed by atoms with E-state index in [9.17, 15) is 4.79 Å². The van der Waals surface area contributed by atoms with Gasteiger partial charge in [-0.2, -0.15) is 0 Å². The van der Waals surface area contributed by atoms with E-state index in [4.69, 9.17) is 0 Å². The van der Waals surface area contributed by atoms with Crippen molar-refractivity contribution < 1.29 is 4.79 Å². The van der Waals surface area contributed by atoms with E-state index in [1.165, 1.54) is 11.1 Å². The minimum atomic E-state index is -0.183. The van der Waals surface area contributed by atoms with Crippen molar-refractivity contribution in [3.63, 3.8) is 0 Å². The molecule has 0 radical (unpaired) electrons. The fraction of sp³-hybridized carbons (Fsp3) is 0.250. The lowest BCUT2D eigenvalue weighted by Crippen LogP contribution is -2.44. The van der Waals surface area contributed by atoms with Crippen molar-refractivity contribution >= 4 is 11.6 Å². The van der Waals surface area contributed by atoms with Crippen molar-refractivity contribution in [2.24, 2.45) is 0 Å². The van der Waals surface area contributed by atoms with Crippen LogP contribution in [0.3, 0.4) is 0 Å². The Morgan fingerprint density at radius 3 is 2.90 bits per heavy atom. The third-order valence-corrected chi connectivity index (χ3v) is 3.68. The number of aromatic nitrogens is 1. The Labute approximate surface area is 118 Å². The first kappa shape index (κ1) is 12.8. The van der Waals surface area contributed by atoms with Crippen LogP contribution in [0.4, 0.5) is 5.69 Å². The lowest BCUT2D eigenvalue weighted by Gasteiger charge is -2.25. The largest absolute Gasteiger partial charge is 0.324 e. The second-order valence-corrected chi connectivity index (χ2v) is 5.09. The summed E-state index contributed by atoms with van der Waals surface area (Å²) in [6.07, 6.45) is 4.16. The Hall–Kier alpha value is -2.20. The summed E-state index contributed by atoms with van der Waals surface area (Å²) < 4.78 is 0. The van der Waals surface area contributed by atoms with Crippen molar-refractivity contribution in [3.05, 3.63) is 59.4 Å². The van der Waals surface area contributed by atoms with Crippen LogP contribution in [-0.4, -0.2) is 16.9 Å². The molecule has 0 saturated heterocycles. The molecule has 3 rings (SSSR count). The van der Waals surface area contributed by atoms with Gasteiger partial charge >= 0.3 is 0 Å². The Balaban J connectivity index is 1.72.